The van der Waals surface area contributed by atoms with Crippen LogP contribution < -0.4 is 0 Å². The van der Waals surface area contributed by atoms with E-state index in [2.05, 4.69) is 50.3 Å². The summed E-state index contributed by atoms with van der Waals surface area (Å²) < 4.78 is 21.8. The van der Waals surface area contributed by atoms with Gasteiger partial charge in [0.2, 0.25) is 0 Å². The molecule has 6 atom stereocenters. The number of aliphatic hydroxyl groups is 3. The van der Waals surface area contributed by atoms with Gasteiger partial charge in [0.25, 0.3) is 0 Å². The molecule has 1 aliphatic rings. The summed E-state index contributed by atoms with van der Waals surface area (Å²) >= 11 is 0. The lowest BCUT2D eigenvalue weighted by molar-refractivity contribution is -0.298. The molecule has 0 aromatic carbocycles. The summed E-state index contributed by atoms with van der Waals surface area (Å²) in [6.45, 7) is 3.79. The Balaban J connectivity index is 2.34. The molecule has 1 aliphatic heterocycles. The van der Waals surface area contributed by atoms with E-state index >= 15 is 0 Å². The van der Waals surface area contributed by atoms with Gasteiger partial charge in [-0.3, -0.25) is 9.59 Å². The predicted octanol–water partition coefficient (Wildman–Crippen LogP) is 11.2. The summed E-state index contributed by atoms with van der Waals surface area (Å²) in [7, 11) is 0. The van der Waals surface area contributed by atoms with Crippen molar-refractivity contribution in [2.75, 3.05) is 13.2 Å². The average molecular weight is 865 g/mol. The molecule has 6 unspecified atom stereocenters. The normalized spacial score (nSPS) is 19.9. The third kappa shape index (κ3) is 31.9. The molecule has 0 bridgehead atoms. The number of hydrogen-bond donors (Lipinski definition) is 4. The van der Waals surface area contributed by atoms with Crippen LogP contribution in [0, 0.1) is 0 Å². The first-order chi connectivity index (χ1) is 29.7. The molecule has 0 radical (unpaired) electrons. The van der Waals surface area contributed by atoms with Crippen LogP contribution in [-0.4, -0.2) is 88.4 Å². The summed E-state index contributed by atoms with van der Waals surface area (Å²) in [5, 5.41) is 39.9. The van der Waals surface area contributed by atoms with Crippen LogP contribution in [0.2, 0.25) is 0 Å². The molecule has 4 N–H and O–H groups in total. The standard InChI is InChI=1S/C50H88O11/c1-3-5-7-9-11-13-15-17-19-21-23-25-27-29-31-33-35-37-39-44(52)60-42(41-59-50-47(55)45(53)46(54)48(61-50)49(56)57)40-58-43(51)38-36-34-32-30-28-26-24-22-20-18-16-14-12-10-8-6-4-2/h12,14,18-21,42,45-48,50,53-55H,3-11,13,15-17,22-41H2,1-2H3,(H,56,57)/b14-12-,20-18-,21-19-. The highest BCUT2D eigenvalue weighted by molar-refractivity contribution is 5.73. The topological polar surface area (TPSA) is 169 Å². The Labute approximate surface area is 370 Å². The van der Waals surface area contributed by atoms with Crippen molar-refractivity contribution in [3.05, 3.63) is 36.5 Å². The molecular weight excluding hydrogens is 777 g/mol. The zero-order valence-electron chi connectivity index (χ0n) is 38.4. The van der Waals surface area contributed by atoms with E-state index in [4.69, 9.17) is 18.9 Å². The monoisotopic (exact) mass is 865 g/mol. The molecule has 1 rings (SSSR count). The number of aliphatic hydroxyl groups excluding tert-OH is 3. The second kappa shape index (κ2) is 40.2. The molecule has 1 heterocycles. The highest BCUT2D eigenvalue weighted by atomic mass is 16.7. The fourth-order valence-corrected chi connectivity index (χ4v) is 7.32. The fourth-order valence-electron chi connectivity index (χ4n) is 7.32. The third-order valence-electron chi connectivity index (χ3n) is 11.2. The molecule has 0 spiro atoms. The zero-order valence-corrected chi connectivity index (χ0v) is 38.4. The number of ether oxygens (including phenoxy) is 4. The van der Waals surface area contributed by atoms with Crippen LogP contribution in [0.1, 0.15) is 213 Å². The Morgan fingerprint density at radius 3 is 1.41 bits per heavy atom. The summed E-state index contributed by atoms with van der Waals surface area (Å²) in [5.41, 5.74) is 0. The van der Waals surface area contributed by atoms with Crippen molar-refractivity contribution in [3.63, 3.8) is 0 Å². The molecule has 0 amide bonds. The van der Waals surface area contributed by atoms with Gasteiger partial charge >= 0.3 is 17.9 Å². The van der Waals surface area contributed by atoms with E-state index < -0.39 is 61.3 Å². The van der Waals surface area contributed by atoms with Crippen molar-refractivity contribution in [3.8, 4) is 0 Å². The van der Waals surface area contributed by atoms with Crippen LogP contribution in [0.15, 0.2) is 36.5 Å². The Bertz CT molecular complexity index is 1150. The van der Waals surface area contributed by atoms with E-state index in [1.54, 1.807) is 0 Å². The first kappa shape index (κ1) is 56.4. The van der Waals surface area contributed by atoms with Gasteiger partial charge in [0.15, 0.2) is 18.5 Å². The van der Waals surface area contributed by atoms with Crippen molar-refractivity contribution in [2.45, 2.75) is 250 Å². The van der Waals surface area contributed by atoms with Gasteiger partial charge in [-0.15, -0.1) is 0 Å². The van der Waals surface area contributed by atoms with E-state index in [0.29, 0.717) is 12.8 Å². The van der Waals surface area contributed by atoms with E-state index in [9.17, 15) is 34.8 Å². The number of allylic oxidation sites excluding steroid dienone is 6. The maximum Gasteiger partial charge on any atom is 0.335 e. The van der Waals surface area contributed by atoms with Gasteiger partial charge in [-0.2, -0.15) is 0 Å². The number of hydrogen-bond acceptors (Lipinski definition) is 10. The number of carboxylic acid groups (broad SMARTS) is 1. The number of carbonyl (C=O) groups excluding carboxylic acids is 2. The molecule has 0 aromatic heterocycles. The number of carboxylic acids is 1. The summed E-state index contributed by atoms with van der Waals surface area (Å²) in [6.07, 6.45) is 37.6. The molecule has 0 aliphatic carbocycles. The largest absolute Gasteiger partial charge is 0.479 e. The van der Waals surface area contributed by atoms with Crippen LogP contribution in [0.25, 0.3) is 0 Å². The van der Waals surface area contributed by atoms with E-state index in [1.165, 1.54) is 116 Å². The van der Waals surface area contributed by atoms with Gasteiger partial charge in [0.1, 0.15) is 24.9 Å². The average Bonchev–Trinajstić information content (AvgIpc) is 3.24. The molecule has 1 saturated heterocycles. The maximum absolute atomic E-state index is 12.8. The maximum atomic E-state index is 12.8. The second-order valence-electron chi connectivity index (χ2n) is 16.9. The minimum Gasteiger partial charge on any atom is -0.479 e. The lowest BCUT2D eigenvalue weighted by Gasteiger charge is -2.38. The quantitative estimate of drug-likeness (QED) is 0.0262. The van der Waals surface area contributed by atoms with E-state index in [1.807, 2.05) is 0 Å². The third-order valence-corrected chi connectivity index (χ3v) is 11.2. The lowest BCUT2D eigenvalue weighted by Crippen LogP contribution is -2.60. The van der Waals surface area contributed by atoms with Crippen LogP contribution in [0.3, 0.4) is 0 Å². The first-order valence-corrected chi connectivity index (χ1v) is 24.5. The highest BCUT2D eigenvalue weighted by Crippen LogP contribution is 2.23. The molecular formula is C50H88O11. The highest BCUT2D eigenvalue weighted by Gasteiger charge is 2.47. The minimum atomic E-state index is -1.86. The van der Waals surface area contributed by atoms with Gasteiger partial charge in [-0.05, 0) is 70.6 Å². The molecule has 0 aromatic rings. The Kier molecular flexibility index (Phi) is 37.2. The number of rotatable bonds is 41. The van der Waals surface area contributed by atoms with Crippen LogP contribution >= 0.6 is 0 Å². The Hall–Kier alpha value is -2.57. The van der Waals surface area contributed by atoms with Gasteiger partial charge in [-0.1, -0.05) is 166 Å². The summed E-state index contributed by atoms with van der Waals surface area (Å²) in [6, 6.07) is 0. The number of carbonyl (C=O) groups is 3. The van der Waals surface area contributed by atoms with Crippen LogP contribution in [0.4, 0.5) is 0 Å². The second-order valence-corrected chi connectivity index (χ2v) is 16.9. The summed E-state index contributed by atoms with van der Waals surface area (Å²) in [4.78, 5) is 36.9. The molecule has 354 valence electrons. The van der Waals surface area contributed by atoms with E-state index in [-0.39, 0.29) is 19.4 Å². The SMILES string of the molecule is CCCCC/C=C\C/C=C\CCCCCCCCCC(=O)OCC(COC1OC(C(=O)O)C(O)C(O)C1O)OC(=O)CCCCCCCCC/C=C\CCCCCCCCC. The number of esters is 2. The molecule has 11 heteroatoms. The summed E-state index contributed by atoms with van der Waals surface area (Å²) in [5.74, 6) is -2.45. The minimum absolute atomic E-state index is 0.177. The van der Waals surface area contributed by atoms with Crippen molar-refractivity contribution < 1.29 is 53.8 Å². The fraction of sp³-hybridized carbons (Fsp3) is 0.820. The number of aliphatic carboxylic acids is 1. The molecule has 0 saturated carbocycles. The van der Waals surface area contributed by atoms with Crippen molar-refractivity contribution in [1.82, 2.24) is 0 Å². The van der Waals surface area contributed by atoms with Crippen LogP contribution in [0.5, 0.6) is 0 Å². The number of unbranched alkanes of at least 4 members (excludes halogenated alkanes) is 24. The first-order valence-electron chi connectivity index (χ1n) is 24.5. The van der Waals surface area contributed by atoms with E-state index in [0.717, 1.165) is 57.8 Å². The van der Waals surface area contributed by atoms with Crippen molar-refractivity contribution >= 4 is 17.9 Å². The van der Waals surface area contributed by atoms with Gasteiger partial charge < -0.3 is 39.4 Å². The smallest absolute Gasteiger partial charge is 0.335 e. The zero-order chi connectivity index (χ0) is 44.6. The Morgan fingerprint density at radius 1 is 0.508 bits per heavy atom. The van der Waals surface area contributed by atoms with Gasteiger partial charge in [0.05, 0.1) is 6.61 Å². The lowest BCUT2D eigenvalue weighted by atomic mass is 9.99. The van der Waals surface area contributed by atoms with Crippen LogP contribution in [-0.2, 0) is 33.3 Å². The molecule has 1 fully saturated rings. The Morgan fingerprint density at radius 2 is 0.918 bits per heavy atom. The van der Waals surface area contributed by atoms with Gasteiger partial charge in [-0.25, -0.2) is 4.79 Å². The molecule has 11 nitrogen and oxygen atoms in total. The molecule has 61 heavy (non-hydrogen) atoms. The van der Waals surface area contributed by atoms with Crippen molar-refractivity contribution in [1.29, 1.82) is 0 Å². The van der Waals surface area contributed by atoms with Crippen molar-refractivity contribution in [2.24, 2.45) is 0 Å². The van der Waals surface area contributed by atoms with Gasteiger partial charge in [0, 0.05) is 12.8 Å². The predicted molar refractivity (Wildman–Crippen MR) is 243 cm³/mol.